The van der Waals surface area contributed by atoms with Gasteiger partial charge >= 0.3 is 0 Å². The SMILES string of the molecule is COCCNC(=O)c1cncc(N2CCN(C/C=C/c3ccccc3)CC2)c1. The number of hydrogen-bond acceptors (Lipinski definition) is 5. The molecule has 0 radical (unpaired) electrons. The van der Waals surface area contributed by atoms with E-state index in [0.717, 1.165) is 38.4 Å². The fourth-order valence-electron chi connectivity index (χ4n) is 3.18. The third kappa shape index (κ3) is 5.90. The van der Waals surface area contributed by atoms with Gasteiger partial charge in [-0.25, -0.2) is 0 Å². The molecule has 1 aromatic heterocycles. The molecule has 1 aliphatic rings. The van der Waals surface area contributed by atoms with E-state index in [1.807, 2.05) is 18.3 Å². The van der Waals surface area contributed by atoms with Gasteiger partial charge in [0.05, 0.1) is 24.1 Å². The topological polar surface area (TPSA) is 57.7 Å². The van der Waals surface area contributed by atoms with Crippen molar-refractivity contribution in [2.75, 3.05) is 57.9 Å². The quantitative estimate of drug-likeness (QED) is 0.712. The summed E-state index contributed by atoms with van der Waals surface area (Å²) < 4.78 is 4.96. The number of ether oxygens (including phenoxy) is 1. The van der Waals surface area contributed by atoms with E-state index >= 15 is 0 Å². The number of methoxy groups -OCH3 is 1. The molecule has 148 valence electrons. The number of aromatic nitrogens is 1. The third-order valence-corrected chi connectivity index (χ3v) is 4.79. The van der Waals surface area contributed by atoms with Crippen molar-refractivity contribution in [1.29, 1.82) is 0 Å². The highest BCUT2D eigenvalue weighted by Gasteiger charge is 2.17. The van der Waals surface area contributed by atoms with Gasteiger partial charge in [-0.15, -0.1) is 0 Å². The molecule has 1 saturated heterocycles. The van der Waals surface area contributed by atoms with Crippen LogP contribution in [0.2, 0.25) is 0 Å². The van der Waals surface area contributed by atoms with Gasteiger partial charge in [0.25, 0.3) is 5.91 Å². The minimum atomic E-state index is -0.115. The summed E-state index contributed by atoms with van der Waals surface area (Å²) in [4.78, 5) is 21.2. The molecule has 1 N–H and O–H groups in total. The van der Waals surface area contributed by atoms with Gasteiger partial charge in [-0.05, 0) is 11.6 Å². The largest absolute Gasteiger partial charge is 0.383 e. The Morgan fingerprint density at radius 2 is 1.96 bits per heavy atom. The van der Waals surface area contributed by atoms with Gasteiger partial charge in [0, 0.05) is 52.6 Å². The van der Waals surface area contributed by atoms with Crippen molar-refractivity contribution in [3.05, 3.63) is 66.0 Å². The molecule has 6 nitrogen and oxygen atoms in total. The van der Waals surface area contributed by atoms with Gasteiger partial charge in [0.1, 0.15) is 0 Å². The molecule has 0 saturated carbocycles. The van der Waals surface area contributed by atoms with Gasteiger partial charge < -0.3 is 15.0 Å². The molecule has 3 rings (SSSR count). The van der Waals surface area contributed by atoms with Crippen LogP contribution >= 0.6 is 0 Å². The zero-order valence-electron chi connectivity index (χ0n) is 16.4. The second kappa shape index (κ2) is 10.6. The van der Waals surface area contributed by atoms with Crippen LogP contribution in [-0.4, -0.2) is 68.8 Å². The maximum Gasteiger partial charge on any atom is 0.253 e. The number of nitrogens with one attached hydrogen (secondary N) is 1. The van der Waals surface area contributed by atoms with E-state index in [0.29, 0.717) is 18.7 Å². The molecule has 6 heteroatoms. The number of amides is 1. The number of pyridine rings is 1. The summed E-state index contributed by atoms with van der Waals surface area (Å²) in [6.45, 7) is 5.77. The minimum absolute atomic E-state index is 0.115. The predicted molar refractivity (Wildman–Crippen MR) is 113 cm³/mol. The third-order valence-electron chi connectivity index (χ3n) is 4.79. The van der Waals surface area contributed by atoms with E-state index in [9.17, 15) is 4.79 Å². The van der Waals surface area contributed by atoms with Crippen molar-refractivity contribution in [3.63, 3.8) is 0 Å². The van der Waals surface area contributed by atoms with Crippen LogP contribution in [0.1, 0.15) is 15.9 Å². The zero-order chi connectivity index (χ0) is 19.6. The first-order valence-corrected chi connectivity index (χ1v) is 9.67. The van der Waals surface area contributed by atoms with E-state index in [2.05, 4.69) is 56.5 Å². The average molecular weight is 380 g/mol. The number of anilines is 1. The smallest absolute Gasteiger partial charge is 0.253 e. The maximum absolute atomic E-state index is 12.2. The zero-order valence-corrected chi connectivity index (χ0v) is 16.4. The monoisotopic (exact) mass is 380 g/mol. The summed E-state index contributed by atoms with van der Waals surface area (Å²) in [6, 6.07) is 12.3. The van der Waals surface area contributed by atoms with Gasteiger partial charge in [0.15, 0.2) is 0 Å². The number of rotatable bonds is 8. The van der Waals surface area contributed by atoms with Crippen LogP contribution in [0, 0.1) is 0 Å². The van der Waals surface area contributed by atoms with E-state index < -0.39 is 0 Å². The highest BCUT2D eigenvalue weighted by molar-refractivity contribution is 5.94. The summed E-state index contributed by atoms with van der Waals surface area (Å²) in [5.41, 5.74) is 2.81. The summed E-state index contributed by atoms with van der Waals surface area (Å²) in [7, 11) is 1.62. The molecule has 0 bridgehead atoms. The average Bonchev–Trinajstić information content (AvgIpc) is 2.75. The number of benzene rings is 1. The predicted octanol–water partition coefficient (Wildman–Crippen LogP) is 2.29. The Labute approximate surface area is 166 Å². The molecule has 1 fully saturated rings. The fourth-order valence-corrected chi connectivity index (χ4v) is 3.18. The molecule has 2 aromatic rings. The van der Waals surface area contributed by atoms with Crippen molar-refractivity contribution in [3.8, 4) is 0 Å². The Hall–Kier alpha value is -2.70. The number of piperazine rings is 1. The van der Waals surface area contributed by atoms with Crippen LogP contribution in [0.25, 0.3) is 6.08 Å². The molecule has 0 atom stereocenters. The Morgan fingerprint density at radius 1 is 1.18 bits per heavy atom. The van der Waals surface area contributed by atoms with Crippen LogP contribution in [0.15, 0.2) is 54.9 Å². The van der Waals surface area contributed by atoms with E-state index in [1.165, 1.54) is 5.56 Å². The molecule has 1 amide bonds. The summed E-state index contributed by atoms with van der Waals surface area (Å²) in [6.07, 6.45) is 7.83. The first kappa shape index (κ1) is 20.0. The normalized spacial score (nSPS) is 15.1. The molecule has 1 aliphatic heterocycles. The van der Waals surface area contributed by atoms with Crippen LogP contribution in [0.5, 0.6) is 0 Å². The Balaban J connectivity index is 1.48. The Bertz CT molecular complexity index is 771. The molecule has 0 spiro atoms. The molecule has 1 aromatic carbocycles. The van der Waals surface area contributed by atoms with Crippen LogP contribution in [0.3, 0.4) is 0 Å². The number of carbonyl (C=O) groups excluding carboxylic acids is 1. The minimum Gasteiger partial charge on any atom is -0.383 e. The summed E-state index contributed by atoms with van der Waals surface area (Å²) >= 11 is 0. The Kier molecular flexibility index (Phi) is 7.58. The van der Waals surface area contributed by atoms with Crippen LogP contribution in [0.4, 0.5) is 5.69 Å². The van der Waals surface area contributed by atoms with E-state index in [-0.39, 0.29) is 5.91 Å². The van der Waals surface area contributed by atoms with Crippen LogP contribution < -0.4 is 10.2 Å². The molecule has 0 unspecified atom stereocenters. The number of hydrogen-bond donors (Lipinski definition) is 1. The summed E-state index contributed by atoms with van der Waals surface area (Å²) in [5, 5.41) is 2.84. The van der Waals surface area contributed by atoms with Gasteiger partial charge in [-0.1, -0.05) is 42.5 Å². The van der Waals surface area contributed by atoms with Crippen molar-refractivity contribution < 1.29 is 9.53 Å². The van der Waals surface area contributed by atoms with E-state index in [4.69, 9.17) is 4.74 Å². The van der Waals surface area contributed by atoms with Crippen molar-refractivity contribution in [1.82, 2.24) is 15.2 Å². The molecule has 0 aliphatic carbocycles. The van der Waals surface area contributed by atoms with Crippen molar-refractivity contribution in [2.24, 2.45) is 0 Å². The second-order valence-electron chi connectivity index (χ2n) is 6.78. The molecular weight excluding hydrogens is 352 g/mol. The molecule has 2 heterocycles. The van der Waals surface area contributed by atoms with Gasteiger partial charge in [0.2, 0.25) is 0 Å². The molecular formula is C22H28N4O2. The number of carbonyl (C=O) groups is 1. The lowest BCUT2D eigenvalue weighted by atomic mass is 10.2. The standard InChI is InChI=1S/C22H28N4O2/c1-28-15-9-24-22(27)20-16-21(18-23-17-20)26-13-11-25(12-14-26)10-5-8-19-6-3-2-4-7-19/h2-8,16-18H,9-15H2,1H3,(H,24,27)/b8-5+. The van der Waals surface area contributed by atoms with Gasteiger partial charge in [-0.3, -0.25) is 14.7 Å². The maximum atomic E-state index is 12.2. The number of nitrogens with zero attached hydrogens (tertiary/aromatic N) is 3. The lowest BCUT2D eigenvalue weighted by Gasteiger charge is -2.35. The van der Waals surface area contributed by atoms with E-state index in [1.54, 1.807) is 13.3 Å². The summed E-state index contributed by atoms with van der Waals surface area (Å²) in [5.74, 6) is -0.115. The molecule has 28 heavy (non-hydrogen) atoms. The van der Waals surface area contributed by atoms with Crippen LogP contribution in [-0.2, 0) is 4.74 Å². The highest BCUT2D eigenvalue weighted by Crippen LogP contribution is 2.17. The second-order valence-corrected chi connectivity index (χ2v) is 6.78. The first-order valence-electron chi connectivity index (χ1n) is 9.67. The van der Waals surface area contributed by atoms with Crippen molar-refractivity contribution in [2.45, 2.75) is 0 Å². The lowest BCUT2D eigenvalue weighted by molar-refractivity contribution is 0.0936. The highest BCUT2D eigenvalue weighted by atomic mass is 16.5. The first-order chi connectivity index (χ1) is 13.8. The lowest BCUT2D eigenvalue weighted by Crippen LogP contribution is -2.46. The fraction of sp³-hybridized carbons (Fsp3) is 0.364. The van der Waals surface area contributed by atoms with Gasteiger partial charge in [-0.2, -0.15) is 0 Å². The van der Waals surface area contributed by atoms with Crippen molar-refractivity contribution >= 4 is 17.7 Å². The Morgan fingerprint density at radius 3 is 2.71 bits per heavy atom.